The molecular formula is C19H25N3O5S2. The number of aryl methyl sites for hydroxylation is 3. The minimum Gasteiger partial charge on any atom is -0.334 e. The molecule has 0 aliphatic carbocycles. The number of hydrogen-bond acceptors (Lipinski definition) is 5. The quantitative estimate of drug-likeness (QED) is 0.308. The van der Waals surface area contributed by atoms with Crippen molar-refractivity contribution in [1.29, 1.82) is 0 Å². The maximum atomic E-state index is 12.9. The normalized spacial score (nSPS) is 13.8. The second kappa shape index (κ2) is 8.62. The van der Waals surface area contributed by atoms with Gasteiger partial charge in [-0.15, -0.1) is 0 Å². The molecule has 8 nitrogen and oxygen atoms in total. The summed E-state index contributed by atoms with van der Waals surface area (Å²) < 4.78 is 60.1. The van der Waals surface area contributed by atoms with Gasteiger partial charge in [0.25, 0.3) is 0 Å². The van der Waals surface area contributed by atoms with Gasteiger partial charge in [-0.25, -0.2) is 13.4 Å². The van der Waals surface area contributed by atoms with Gasteiger partial charge in [0.2, 0.25) is 15.5 Å². The van der Waals surface area contributed by atoms with E-state index in [0.717, 1.165) is 28.6 Å². The zero-order valence-corrected chi connectivity index (χ0v) is 18.6. The van der Waals surface area contributed by atoms with Crippen LogP contribution < -0.4 is 0 Å². The van der Waals surface area contributed by atoms with Crippen molar-refractivity contribution in [1.82, 2.24) is 9.21 Å². The minimum atomic E-state index is -4.80. The van der Waals surface area contributed by atoms with E-state index >= 15 is 0 Å². The van der Waals surface area contributed by atoms with Crippen molar-refractivity contribution in [2.75, 3.05) is 14.1 Å². The fourth-order valence-electron chi connectivity index (χ4n) is 2.81. The summed E-state index contributed by atoms with van der Waals surface area (Å²) in [5, 5.41) is 0. The van der Waals surface area contributed by atoms with Crippen LogP contribution in [0.4, 0.5) is 5.69 Å². The van der Waals surface area contributed by atoms with Crippen LogP contribution in [0.3, 0.4) is 0 Å². The molecule has 0 aliphatic rings. The lowest BCUT2D eigenvalue weighted by Crippen LogP contribution is -2.51. The van der Waals surface area contributed by atoms with E-state index in [1.165, 1.54) is 25.5 Å². The third-order valence-electron chi connectivity index (χ3n) is 4.36. The Kier molecular flexibility index (Phi) is 6.84. The molecule has 0 radical (unpaired) electrons. The smallest absolute Gasteiger partial charge is 0.301 e. The summed E-state index contributed by atoms with van der Waals surface area (Å²) in [7, 11) is -6.57. The number of benzene rings is 2. The first kappa shape index (κ1) is 23.0. The van der Waals surface area contributed by atoms with Crippen LogP contribution in [0.5, 0.6) is 0 Å². The Balaban J connectivity index is 2.40. The van der Waals surface area contributed by atoms with Gasteiger partial charge in [0.15, 0.2) is 0 Å². The highest BCUT2D eigenvalue weighted by molar-refractivity contribution is 7.91. The minimum absolute atomic E-state index is 0.0843. The molecule has 0 aromatic heterocycles. The van der Waals surface area contributed by atoms with Gasteiger partial charge in [-0.3, -0.25) is 4.55 Å². The Morgan fingerprint density at radius 2 is 1.48 bits per heavy atom. The molecule has 1 atom stereocenters. The predicted molar refractivity (Wildman–Crippen MR) is 113 cm³/mol. The molecule has 0 spiro atoms. The molecule has 2 aromatic rings. The highest BCUT2D eigenvalue weighted by Crippen LogP contribution is 2.22. The molecule has 29 heavy (non-hydrogen) atoms. The third kappa shape index (κ3) is 5.41. The molecule has 2 rings (SSSR count). The topological polar surface area (TPSA) is 107 Å². The Bertz CT molecular complexity index is 1110. The lowest BCUT2D eigenvalue weighted by molar-refractivity contribution is 0.280. The molecule has 1 unspecified atom stereocenters. The lowest BCUT2D eigenvalue weighted by atomic mass is 10.1. The summed E-state index contributed by atoms with van der Waals surface area (Å²) in [4.78, 5) is 5.18. The summed E-state index contributed by atoms with van der Waals surface area (Å²) in [5.74, 6) is 0. The predicted octanol–water partition coefficient (Wildman–Crippen LogP) is 2.70. The number of rotatable bonds is 7. The van der Waals surface area contributed by atoms with Crippen LogP contribution in [-0.4, -0.2) is 56.5 Å². The largest absolute Gasteiger partial charge is 0.334 e. The van der Waals surface area contributed by atoms with Crippen LogP contribution in [0.1, 0.15) is 16.7 Å². The fourth-order valence-corrected chi connectivity index (χ4v) is 5.52. The van der Waals surface area contributed by atoms with E-state index in [1.54, 1.807) is 25.1 Å². The van der Waals surface area contributed by atoms with Crippen molar-refractivity contribution in [3.05, 3.63) is 59.2 Å². The van der Waals surface area contributed by atoms with E-state index in [2.05, 4.69) is 4.99 Å². The van der Waals surface area contributed by atoms with Gasteiger partial charge in [0, 0.05) is 14.1 Å². The average molecular weight is 440 g/mol. The van der Waals surface area contributed by atoms with E-state index in [9.17, 15) is 21.4 Å². The molecule has 158 valence electrons. The summed E-state index contributed by atoms with van der Waals surface area (Å²) in [6, 6.07) is 11.5. The van der Waals surface area contributed by atoms with E-state index in [1.807, 2.05) is 26.0 Å². The average Bonchev–Trinajstić information content (AvgIpc) is 2.60. The molecule has 1 N–H and O–H groups in total. The van der Waals surface area contributed by atoms with Crippen LogP contribution >= 0.6 is 0 Å². The number of aliphatic imine (C=N–C) groups is 1. The SMILES string of the molecule is Cc1ccc(S(=O)(=O)N(C)C(N(C)C=Nc2ccc(C)cc2C)S(=O)(=O)O)cc1. The molecule has 0 aliphatic heterocycles. The molecule has 0 bridgehead atoms. The lowest BCUT2D eigenvalue weighted by Gasteiger charge is -2.30. The third-order valence-corrected chi connectivity index (χ3v) is 7.50. The first-order valence-corrected chi connectivity index (χ1v) is 11.6. The van der Waals surface area contributed by atoms with Crippen LogP contribution in [0.2, 0.25) is 0 Å². The van der Waals surface area contributed by atoms with Gasteiger partial charge < -0.3 is 4.90 Å². The Hall–Kier alpha value is -2.27. The zero-order valence-electron chi connectivity index (χ0n) is 16.9. The first-order valence-electron chi connectivity index (χ1n) is 8.68. The molecule has 10 heteroatoms. The maximum absolute atomic E-state index is 12.9. The van der Waals surface area contributed by atoms with Gasteiger partial charge in [-0.1, -0.05) is 35.4 Å². The molecule has 0 saturated heterocycles. The molecule has 0 amide bonds. The molecular weight excluding hydrogens is 414 g/mol. The molecule has 2 aromatic carbocycles. The fraction of sp³-hybridized carbons (Fsp3) is 0.316. The van der Waals surface area contributed by atoms with E-state index in [0.29, 0.717) is 9.99 Å². The van der Waals surface area contributed by atoms with Crippen molar-refractivity contribution in [3.63, 3.8) is 0 Å². The number of nitrogens with zero attached hydrogens (tertiary/aromatic N) is 3. The molecule has 0 saturated carbocycles. The van der Waals surface area contributed by atoms with Gasteiger partial charge in [0.05, 0.1) is 16.9 Å². The second-order valence-corrected chi connectivity index (χ2v) is 10.3. The maximum Gasteiger partial charge on any atom is 0.301 e. The second-order valence-electron chi connectivity index (χ2n) is 6.88. The van der Waals surface area contributed by atoms with Crippen molar-refractivity contribution >= 4 is 32.2 Å². The Morgan fingerprint density at radius 1 is 0.931 bits per heavy atom. The summed E-state index contributed by atoms with van der Waals surface area (Å²) >= 11 is 0. The van der Waals surface area contributed by atoms with Crippen LogP contribution in [0, 0.1) is 20.8 Å². The highest BCUT2D eigenvalue weighted by Gasteiger charge is 2.38. The molecule has 0 fully saturated rings. The molecule has 0 heterocycles. The van der Waals surface area contributed by atoms with Gasteiger partial charge in [0.1, 0.15) is 0 Å². The van der Waals surface area contributed by atoms with Crippen molar-refractivity contribution < 1.29 is 21.4 Å². The van der Waals surface area contributed by atoms with E-state index in [4.69, 9.17) is 0 Å². The monoisotopic (exact) mass is 439 g/mol. The van der Waals surface area contributed by atoms with Crippen molar-refractivity contribution in [2.24, 2.45) is 4.99 Å². The summed E-state index contributed by atoms with van der Waals surface area (Å²) in [6.45, 7) is 5.60. The Labute approximate surface area is 172 Å². The number of sulfonamides is 1. The van der Waals surface area contributed by atoms with Gasteiger partial charge >= 0.3 is 10.1 Å². The van der Waals surface area contributed by atoms with Gasteiger partial charge in [-0.05, 0) is 44.5 Å². The van der Waals surface area contributed by atoms with Crippen LogP contribution in [0.25, 0.3) is 0 Å². The Morgan fingerprint density at radius 3 is 2.00 bits per heavy atom. The van der Waals surface area contributed by atoms with Gasteiger partial charge in [-0.2, -0.15) is 12.7 Å². The first-order chi connectivity index (χ1) is 13.3. The van der Waals surface area contributed by atoms with Crippen molar-refractivity contribution in [2.45, 2.75) is 31.2 Å². The van der Waals surface area contributed by atoms with E-state index < -0.39 is 25.6 Å². The summed E-state index contributed by atoms with van der Waals surface area (Å²) in [6.07, 6.45) is 1.18. The number of hydrogen-bond donors (Lipinski definition) is 1. The van der Waals surface area contributed by atoms with Crippen LogP contribution in [0.15, 0.2) is 52.4 Å². The van der Waals surface area contributed by atoms with Crippen LogP contribution in [-0.2, 0) is 20.1 Å². The standard InChI is InChI=1S/C19H25N3O5S2/c1-14-6-9-17(10-7-14)28(23,24)22(5)19(29(25,26)27)21(4)13-20-18-11-8-15(2)12-16(18)3/h6-13,19H,1-5H3,(H,25,26,27). The summed E-state index contributed by atoms with van der Waals surface area (Å²) in [5.41, 5.74) is 1.49. The zero-order chi connectivity index (χ0) is 22.0. The highest BCUT2D eigenvalue weighted by atomic mass is 32.2. The van der Waals surface area contributed by atoms with Crippen molar-refractivity contribution in [3.8, 4) is 0 Å². The van der Waals surface area contributed by atoms with E-state index in [-0.39, 0.29) is 4.90 Å².